The van der Waals surface area contributed by atoms with Crippen LogP contribution in [0.3, 0.4) is 0 Å². The van der Waals surface area contributed by atoms with Gasteiger partial charge in [0, 0.05) is 9.99 Å². The summed E-state index contributed by atoms with van der Waals surface area (Å²) in [7, 11) is 0. The minimum Gasteiger partial charge on any atom is -0.496 e. The van der Waals surface area contributed by atoms with Crippen molar-refractivity contribution in [1.82, 2.24) is 5.32 Å². The van der Waals surface area contributed by atoms with Crippen LogP contribution >= 0.6 is 22.6 Å². The van der Waals surface area contributed by atoms with Gasteiger partial charge in [-0.15, -0.1) is 0 Å². The van der Waals surface area contributed by atoms with Crippen molar-refractivity contribution in [2.24, 2.45) is 0 Å². The van der Waals surface area contributed by atoms with Gasteiger partial charge in [0.2, 0.25) is 0 Å². The number of hydrogen-bond acceptors (Lipinski definition) is 2. The van der Waals surface area contributed by atoms with Crippen molar-refractivity contribution in [2.75, 3.05) is 13.2 Å². The van der Waals surface area contributed by atoms with Crippen LogP contribution in [-0.4, -0.2) is 13.2 Å². The summed E-state index contributed by atoms with van der Waals surface area (Å²) in [6, 6.07) is 8.70. The normalized spacial score (nSPS) is 16.5. The van der Waals surface area contributed by atoms with Crippen molar-refractivity contribution in [3.63, 3.8) is 0 Å². The molecule has 92 valence electrons. The number of nitrogens with one attached hydrogen (secondary N) is 1. The number of halogens is 1. The molecule has 1 aromatic rings. The second-order valence-corrected chi connectivity index (χ2v) is 5.31. The molecule has 0 aromatic heterocycles. The lowest BCUT2D eigenvalue weighted by Gasteiger charge is -2.21. The Morgan fingerprint density at radius 2 is 2.24 bits per heavy atom. The highest BCUT2D eigenvalue weighted by Gasteiger charge is 2.21. The van der Waals surface area contributed by atoms with E-state index in [4.69, 9.17) is 4.74 Å². The first kappa shape index (κ1) is 12.9. The lowest BCUT2D eigenvalue weighted by Crippen LogP contribution is -2.25. The molecule has 0 aliphatic carbocycles. The van der Waals surface area contributed by atoms with E-state index in [1.165, 1.54) is 9.13 Å². The second-order valence-electron chi connectivity index (χ2n) is 4.15. The van der Waals surface area contributed by atoms with Gasteiger partial charge in [-0.25, -0.2) is 0 Å². The number of ether oxygens (including phenoxy) is 1. The van der Waals surface area contributed by atoms with E-state index in [0.29, 0.717) is 0 Å². The zero-order valence-corrected chi connectivity index (χ0v) is 12.2. The summed E-state index contributed by atoms with van der Waals surface area (Å²) in [6.45, 7) is 4.02. The molecule has 0 bridgehead atoms. The van der Waals surface area contributed by atoms with Crippen molar-refractivity contribution in [2.45, 2.75) is 25.8 Å². The first-order valence-electron chi connectivity index (χ1n) is 6.13. The molecule has 1 N–H and O–H groups in total. The van der Waals surface area contributed by atoms with Crippen LogP contribution in [-0.2, 0) is 4.74 Å². The van der Waals surface area contributed by atoms with Crippen LogP contribution in [0.15, 0.2) is 36.1 Å². The first-order chi connectivity index (χ1) is 8.33. The summed E-state index contributed by atoms with van der Waals surface area (Å²) in [6.07, 6.45) is 4.37. The van der Waals surface area contributed by atoms with Gasteiger partial charge in [0.25, 0.3) is 0 Å². The minimum atomic E-state index is 0.213. The van der Waals surface area contributed by atoms with Crippen LogP contribution in [0, 0.1) is 3.57 Å². The summed E-state index contributed by atoms with van der Waals surface area (Å²) in [5.41, 5.74) is 1.31. The van der Waals surface area contributed by atoms with Crippen LogP contribution in [0.2, 0.25) is 0 Å². The van der Waals surface area contributed by atoms with Gasteiger partial charge >= 0.3 is 0 Å². The van der Waals surface area contributed by atoms with Gasteiger partial charge in [0.1, 0.15) is 5.76 Å². The Balaban J connectivity index is 2.23. The fourth-order valence-electron chi connectivity index (χ4n) is 2.00. The Bertz CT molecular complexity index is 403. The van der Waals surface area contributed by atoms with Gasteiger partial charge in [0.15, 0.2) is 0 Å². The third kappa shape index (κ3) is 3.22. The predicted octanol–water partition coefficient (Wildman–Crippen LogP) is 3.64. The molecular formula is C14H18INO. The van der Waals surface area contributed by atoms with Crippen LogP contribution in [0.1, 0.15) is 31.4 Å². The van der Waals surface area contributed by atoms with Crippen molar-refractivity contribution < 1.29 is 4.74 Å². The first-order valence-corrected chi connectivity index (χ1v) is 7.21. The van der Waals surface area contributed by atoms with Crippen molar-refractivity contribution in [3.05, 3.63) is 45.2 Å². The molecule has 1 aromatic carbocycles. The molecule has 1 aliphatic heterocycles. The SMILES string of the molecule is CCCNC(C1=CCCO1)c1ccccc1I. The third-order valence-corrected chi connectivity index (χ3v) is 3.81. The zero-order chi connectivity index (χ0) is 12.1. The lowest BCUT2D eigenvalue weighted by atomic mass is 10.0. The molecule has 3 heteroatoms. The number of hydrogen-bond donors (Lipinski definition) is 1. The Kier molecular flexibility index (Phi) is 4.86. The molecular weight excluding hydrogens is 325 g/mol. The van der Waals surface area contributed by atoms with Crippen LogP contribution in [0.4, 0.5) is 0 Å². The van der Waals surface area contributed by atoms with Crippen molar-refractivity contribution in [3.8, 4) is 0 Å². The van der Waals surface area contributed by atoms with Gasteiger partial charge < -0.3 is 10.1 Å². The molecule has 0 amide bonds. The molecule has 2 rings (SSSR count). The average molecular weight is 343 g/mol. The Labute approximate surface area is 117 Å². The van der Waals surface area contributed by atoms with E-state index in [1.807, 2.05) is 0 Å². The highest BCUT2D eigenvalue weighted by Crippen LogP contribution is 2.29. The van der Waals surface area contributed by atoms with E-state index >= 15 is 0 Å². The van der Waals surface area contributed by atoms with Crippen molar-refractivity contribution >= 4 is 22.6 Å². The maximum atomic E-state index is 5.72. The molecule has 1 heterocycles. The smallest absolute Gasteiger partial charge is 0.114 e. The van der Waals surface area contributed by atoms with Crippen LogP contribution < -0.4 is 5.32 Å². The molecule has 0 spiro atoms. The molecule has 2 nitrogen and oxygen atoms in total. The molecule has 0 saturated carbocycles. The van der Waals surface area contributed by atoms with E-state index in [1.54, 1.807) is 0 Å². The Morgan fingerprint density at radius 3 is 2.88 bits per heavy atom. The molecule has 0 radical (unpaired) electrons. The lowest BCUT2D eigenvalue weighted by molar-refractivity contribution is 0.215. The van der Waals surface area contributed by atoms with E-state index in [9.17, 15) is 0 Å². The standard InChI is InChI=1S/C14H18INO/c1-2-9-16-14(13-8-5-10-17-13)11-6-3-4-7-12(11)15/h3-4,6-8,14,16H,2,5,9-10H2,1H3. The van der Waals surface area contributed by atoms with E-state index in [0.717, 1.165) is 31.8 Å². The monoisotopic (exact) mass is 343 g/mol. The molecule has 17 heavy (non-hydrogen) atoms. The third-order valence-electron chi connectivity index (χ3n) is 2.83. The van der Waals surface area contributed by atoms with Gasteiger partial charge in [-0.05, 0) is 53.3 Å². The highest BCUT2D eigenvalue weighted by atomic mass is 127. The van der Waals surface area contributed by atoms with Crippen LogP contribution in [0.5, 0.6) is 0 Å². The Morgan fingerprint density at radius 1 is 1.41 bits per heavy atom. The van der Waals surface area contributed by atoms with Gasteiger partial charge in [0.05, 0.1) is 12.6 Å². The second kappa shape index (κ2) is 6.40. The summed E-state index contributed by atoms with van der Waals surface area (Å²) >= 11 is 2.39. The summed E-state index contributed by atoms with van der Waals surface area (Å²) in [5, 5.41) is 3.57. The van der Waals surface area contributed by atoms with E-state index < -0.39 is 0 Å². The van der Waals surface area contributed by atoms with Crippen LogP contribution in [0.25, 0.3) is 0 Å². The quantitative estimate of drug-likeness (QED) is 0.825. The van der Waals surface area contributed by atoms with E-state index in [2.05, 4.69) is 65.2 Å². The summed E-state index contributed by atoms with van der Waals surface area (Å²) in [5.74, 6) is 1.09. The average Bonchev–Trinajstić information content (AvgIpc) is 2.85. The molecule has 0 saturated heterocycles. The fourth-order valence-corrected chi connectivity index (χ4v) is 2.70. The maximum Gasteiger partial charge on any atom is 0.114 e. The van der Waals surface area contributed by atoms with Gasteiger partial charge in [-0.1, -0.05) is 25.1 Å². The number of benzene rings is 1. The molecule has 0 fully saturated rings. The highest BCUT2D eigenvalue weighted by molar-refractivity contribution is 14.1. The maximum absolute atomic E-state index is 5.72. The molecule has 1 atom stereocenters. The summed E-state index contributed by atoms with van der Waals surface area (Å²) in [4.78, 5) is 0. The Hall–Kier alpha value is -0.550. The van der Waals surface area contributed by atoms with Gasteiger partial charge in [-0.2, -0.15) is 0 Å². The summed E-state index contributed by atoms with van der Waals surface area (Å²) < 4.78 is 7.00. The minimum absolute atomic E-state index is 0.213. The molecule has 1 aliphatic rings. The topological polar surface area (TPSA) is 21.3 Å². The zero-order valence-electron chi connectivity index (χ0n) is 10.1. The fraction of sp³-hybridized carbons (Fsp3) is 0.429. The number of rotatable bonds is 5. The van der Waals surface area contributed by atoms with Crippen molar-refractivity contribution in [1.29, 1.82) is 0 Å². The largest absolute Gasteiger partial charge is 0.496 e. The predicted molar refractivity (Wildman–Crippen MR) is 78.8 cm³/mol. The van der Waals surface area contributed by atoms with Gasteiger partial charge in [-0.3, -0.25) is 0 Å². The molecule has 1 unspecified atom stereocenters. The van der Waals surface area contributed by atoms with E-state index in [-0.39, 0.29) is 6.04 Å².